The predicted molar refractivity (Wildman–Crippen MR) is 91.7 cm³/mol. The van der Waals surface area contributed by atoms with Crippen molar-refractivity contribution in [3.8, 4) is 0 Å². The largest absolute Gasteiger partial charge is 0.463 e. The molecule has 1 aromatic rings. The fourth-order valence-electron chi connectivity index (χ4n) is 3.39. The Labute approximate surface area is 150 Å². The van der Waals surface area contributed by atoms with Crippen LogP contribution in [-0.4, -0.2) is 45.4 Å². The summed E-state index contributed by atoms with van der Waals surface area (Å²) < 4.78 is 39.0. The van der Waals surface area contributed by atoms with Gasteiger partial charge in [0.15, 0.2) is 0 Å². The van der Waals surface area contributed by atoms with E-state index in [9.17, 15) is 18.0 Å². The van der Waals surface area contributed by atoms with Crippen molar-refractivity contribution in [2.45, 2.75) is 43.1 Å². The minimum atomic E-state index is -3.88. The molecule has 0 amide bonds. The molecule has 1 unspecified atom stereocenters. The van der Waals surface area contributed by atoms with Crippen LogP contribution in [0.2, 0.25) is 0 Å². The molecule has 1 atom stereocenters. The second kappa shape index (κ2) is 6.39. The van der Waals surface area contributed by atoms with Crippen LogP contribution < -0.4 is 4.90 Å². The number of benzene rings is 1. The van der Waals surface area contributed by atoms with Crippen LogP contribution in [0.25, 0.3) is 0 Å². The van der Waals surface area contributed by atoms with Crippen molar-refractivity contribution in [2.75, 3.05) is 18.1 Å². The molecule has 0 radical (unpaired) electrons. The number of esters is 2. The zero-order chi connectivity index (χ0) is 18.3. The predicted octanol–water partition coefficient (Wildman–Crippen LogP) is 1.64. The Morgan fingerprint density at radius 2 is 2.12 bits per heavy atom. The average Bonchev–Trinajstić information content (AvgIpc) is 2.87. The van der Waals surface area contributed by atoms with Crippen LogP contribution in [-0.2, 0) is 24.3 Å². The van der Waals surface area contributed by atoms with Crippen LogP contribution in [0.3, 0.4) is 0 Å². The van der Waals surface area contributed by atoms with Crippen molar-refractivity contribution in [1.29, 1.82) is 0 Å². The van der Waals surface area contributed by atoms with Gasteiger partial charge in [-0.15, -0.1) is 4.40 Å². The number of sulfonamides is 1. The van der Waals surface area contributed by atoms with Crippen LogP contribution in [0.5, 0.6) is 0 Å². The zero-order valence-corrected chi connectivity index (χ0v) is 14.8. The Morgan fingerprint density at radius 1 is 1.27 bits per heavy atom. The van der Waals surface area contributed by atoms with Crippen molar-refractivity contribution in [2.24, 2.45) is 4.40 Å². The quantitative estimate of drug-likeness (QED) is 0.721. The first-order valence-corrected chi connectivity index (χ1v) is 10.0. The molecule has 0 saturated carbocycles. The van der Waals surface area contributed by atoms with E-state index in [1.165, 1.54) is 12.1 Å². The Kier molecular flexibility index (Phi) is 4.18. The van der Waals surface area contributed by atoms with E-state index in [4.69, 9.17) is 9.47 Å². The molecule has 8 nitrogen and oxygen atoms in total. The molecule has 0 aliphatic carbocycles. The molecular weight excluding hydrogens is 360 g/mol. The molecule has 138 valence electrons. The van der Waals surface area contributed by atoms with Crippen LogP contribution in [0, 0.1) is 0 Å². The molecule has 9 heteroatoms. The van der Waals surface area contributed by atoms with Gasteiger partial charge in [-0.25, -0.2) is 9.59 Å². The highest BCUT2D eigenvalue weighted by molar-refractivity contribution is 7.90. The summed E-state index contributed by atoms with van der Waals surface area (Å²) in [4.78, 5) is 25.7. The molecule has 0 N–H and O–H groups in total. The SMILES string of the molecule is O=C(OC1CCOC1=O)c1ccc2c(c1)S(=O)(=O)N=C1CCCCCN12. The van der Waals surface area contributed by atoms with E-state index in [0.29, 0.717) is 30.9 Å². The van der Waals surface area contributed by atoms with Crippen molar-refractivity contribution in [1.82, 2.24) is 0 Å². The topological polar surface area (TPSA) is 102 Å². The number of ether oxygens (including phenoxy) is 2. The molecule has 3 heterocycles. The van der Waals surface area contributed by atoms with E-state index >= 15 is 0 Å². The highest BCUT2D eigenvalue weighted by atomic mass is 32.2. The monoisotopic (exact) mass is 378 g/mol. The number of cyclic esters (lactones) is 1. The molecule has 0 spiro atoms. The molecule has 2 fully saturated rings. The minimum Gasteiger partial charge on any atom is -0.463 e. The summed E-state index contributed by atoms with van der Waals surface area (Å²) in [6.07, 6.45) is 2.85. The fraction of sp³-hybridized carbons (Fsp3) is 0.471. The summed E-state index contributed by atoms with van der Waals surface area (Å²) >= 11 is 0. The normalized spacial score (nSPS) is 24.0. The maximum absolute atomic E-state index is 12.6. The summed E-state index contributed by atoms with van der Waals surface area (Å²) in [5.74, 6) is -0.778. The van der Waals surface area contributed by atoms with Crippen LogP contribution >= 0.6 is 0 Å². The lowest BCUT2D eigenvalue weighted by molar-refractivity contribution is -0.145. The molecule has 2 saturated heterocycles. The fourth-order valence-corrected chi connectivity index (χ4v) is 4.67. The molecular formula is C17H18N2O6S. The number of carbonyl (C=O) groups is 2. The molecule has 1 aromatic carbocycles. The Bertz CT molecular complexity index is 908. The highest BCUT2D eigenvalue weighted by Crippen LogP contribution is 2.35. The van der Waals surface area contributed by atoms with Crippen molar-refractivity contribution in [3.63, 3.8) is 0 Å². The Balaban J connectivity index is 1.67. The van der Waals surface area contributed by atoms with Gasteiger partial charge in [0.2, 0.25) is 6.10 Å². The number of hydrogen-bond acceptors (Lipinski definition) is 7. The molecule has 3 aliphatic rings. The van der Waals surface area contributed by atoms with Gasteiger partial charge in [-0.05, 0) is 31.0 Å². The van der Waals surface area contributed by atoms with E-state index in [1.807, 2.05) is 4.90 Å². The maximum Gasteiger partial charge on any atom is 0.347 e. The van der Waals surface area contributed by atoms with E-state index in [2.05, 4.69) is 4.40 Å². The second-order valence-electron chi connectivity index (χ2n) is 6.48. The van der Waals surface area contributed by atoms with E-state index in [1.54, 1.807) is 6.07 Å². The van der Waals surface area contributed by atoms with Crippen LogP contribution in [0.1, 0.15) is 42.5 Å². The number of nitrogens with zero attached hydrogens (tertiary/aromatic N) is 2. The van der Waals surface area contributed by atoms with Gasteiger partial charge in [-0.2, -0.15) is 8.42 Å². The summed E-state index contributed by atoms with van der Waals surface area (Å²) in [5, 5.41) is 0. The summed E-state index contributed by atoms with van der Waals surface area (Å²) in [5.41, 5.74) is 0.606. The highest BCUT2D eigenvalue weighted by Gasteiger charge is 2.34. The third-order valence-electron chi connectivity index (χ3n) is 4.72. The van der Waals surface area contributed by atoms with Gasteiger partial charge >= 0.3 is 11.9 Å². The number of hydrogen-bond donors (Lipinski definition) is 0. The third-order valence-corrected chi connectivity index (χ3v) is 6.05. The third kappa shape index (κ3) is 2.96. The molecule has 26 heavy (non-hydrogen) atoms. The van der Waals surface area contributed by atoms with Crippen molar-refractivity contribution in [3.05, 3.63) is 23.8 Å². The lowest BCUT2D eigenvalue weighted by Crippen LogP contribution is -2.35. The van der Waals surface area contributed by atoms with Gasteiger partial charge in [0.05, 0.1) is 17.9 Å². The van der Waals surface area contributed by atoms with E-state index in [-0.39, 0.29) is 17.1 Å². The first-order valence-electron chi connectivity index (χ1n) is 8.59. The van der Waals surface area contributed by atoms with Gasteiger partial charge in [0.25, 0.3) is 10.0 Å². The standard InChI is InChI=1S/C17H18N2O6S/c20-16(25-13-7-9-24-17(13)21)11-5-6-12-14(10-11)26(22,23)18-15-4-2-1-3-8-19(12)15/h5-6,10,13H,1-4,7-9H2. The summed E-state index contributed by atoms with van der Waals surface area (Å²) in [6, 6.07) is 4.40. The number of amidine groups is 1. The second-order valence-corrected chi connectivity index (χ2v) is 8.05. The maximum atomic E-state index is 12.6. The van der Waals surface area contributed by atoms with Gasteiger partial charge < -0.3 is 14.4 Å². The Morgan fingerprint density at radius 3 is 2.88 bits per heavy atom. The van der Waals surface area contributed by atoms with E-state index in [0.717, 1.165) is 19.3 Å². The van der Waals surface area contributed by atoms with Crippen LogP contribution in [0.4, 0.5) is 5.69 Å². The first-order chi connectivity index (χ1) is 12.5. The van der Waals surface area contributed by atoms with Crippen molar-refractivity contribution < 1.29 is 27.5 Å². The smallest absolute Gasteiger partial charge is 0.347 e. The van der Waals surface area contributed by atoms with Gasteiger partial charge in [-0.1, -0.05) is 6.42 Å². The lowest BCUT2D eigenvalue weighted by atomic mass is 10.1. The first kappa shape index (κ1) is 17.0. The van der Waals surface area contributed by atoms with Crippen LogP contribution in [0.15, 0.2) is 27.5 Å². The zero-order valence-electron chi connectivity index (χ0n) is 14.0. The lowest BCUT2D eigenvalue weighted by Gasteiger charge is -2.29. The number of fused-ring (bicyclic) bond motifs is 3. The summed E-state index contributed by atoms with van der Waals surface area (Å²) in [6.45, 7) is 0.904. The van der Waals surface area contributed by atoms with Gasteiger partial charge in [0, 0.05) is 19.4 Å². The molecule has 0 aromatic heterocycles. The van der Waals surface area contributed by atoms with Gasteiger partial charge in [-0.3, -0.25) is 0 Å². The number of rotatable bonds is 2. The Hall–Kier alpha value is -2.42. The molecule has 3 aliphatic heterocycles. The average molecular weight is 378 g/mol. The van der Waals surface area contributed by atoms with Crippen molar-refractivity contribution >= 4 is 33.5 Å². The number of carbonyl (C=O) groups excluding carboxylic acids is 2. The number of anilines is 1. The molecule has 0 bridgehead atoms. The summed E-state index contributed by atoms with van der Waals surface area (Å²) in [7, 11) is -3.88. The molecule has 4 rings (SSSR count). The van der Waals surface area contributed by atoms with Gasteiger partial charge in [0.1, 0.15) is 10.7 Å². The minimum absolute atomic E-state index is 0.00778. The van der Waals surface area contributed by atoms with E-state index < -0.39 is 28.1 Å².